The second-order valence-electron chi connectivity index (χ2n) is 8.23. The average Bonchev–Trinajstić information content (AvgIpc) is 2.86. The van der Waals surface area contributed by atoms with Crippen LogP contribution in [0.15, 0.2) is 23.8 Å². The molecular weight excluding hydrogens is 282 g/mol. The first kappa shape index (κ1) is 16.8. The Morgan fingerprint density at radius 2 is 1.91 bits per heavy atom. The molecule has 128 valence electrons. The monoisotopic (exact) mass is 315 g/mol. The van der Waals surface area contributed by atoms with Gasteiger partial charge in [0, 0.05) is 12.6 Å². The number of rotatable bonds is 0. The molecule has 5 atom stereocenters. The summed E-state index contributed by atoms with van der Waals surface area (Å²) < 4.78 is 0. The van der Waals surface area contributed by atoms with Gasteiger partial charge in [-0.1, -0.05) is 45.4 Å². The van der Waals surface area contributed by atoms with Crippen LogP contribution in [0.25, 0.3) is 0 Å². The largest absolute Gasteiger partial charge is 0.353 e. The summed E-state index contributed by atoms with van der Waals surface area (Å²) in [6, 6.07) is 0. The highest BCUT2D eigenvalue weighted by molar-refractivity contribution is 5.88. The summed E-state index contributed by atoms with van der Waals surface area (Å²) >= 11 is 0. The maximum Gasteiger partial charge on any atom is 0.243 e. The maximum absolute atomic E-state index is 11.9. The Labute approximate surface area is 141 Å². The first-order chi connectivity index (χ1) is 11.0. The highest BCUT2D eigenvalue weighted by Crippen LogP contribution is 2.62. The standard InChI is InChI=1S/C19H27NO.C2H6/c1-18-8-3-4-15(18)14-6-5-13-12-17(21)20-11-10-19(13,2)16(14)7-9-18;1-2/h3,8,12,14-16H,4-7,9-11H2,1-2H3,(H,20,21);1-2H3/t14?,15?,16-,18?,19?;/m0./s1. The SMILES string of the molecule is CC.CC12C=CCC1C1CCC3=CC(=O)NCCC3(C)[C@H]1CC2. The molecule has 0 aromatic carbocycles. The number of nitrogens with one attached hydrogen (secondary N) is 1. The van der Waals surface area contributed by atoms with Gasteiger partial charge >= 0.3 is 0 Å². The predicted molar refractivity (Wildman–Crippen MR) is 96.0 cm³/mol. The molecule has 1 heterocycles. The van der Waals surface area contributed by atoms with Crippen molar-refractivity contribution >= 4 is 5.91 Å². The third kappa shape index (κ3) is 2.58. The first-order valence-corrected chi connectivity index (χ1v) is 9.69. The summed E-state index contributed by atoms with van der Waals surface area (Å²) in [4.78, 5) is 11.9. The third-order valence-corrected chi connectivity index (χ3v) is 7.31. The van der Waals surface area contributed by atoms with E-state index in [4.69, 9.17) is 0 Å². The average molecular weight is 316 g/mol. The molecule has 0 aromatic rings. The van der Waals surface area contributed by atoms with Crippen molar-refractivity contribution in [3.8, 4) is 0 Å². The summed E-state index contributed by atoms with van der Waals surface area (Å²) in [6.45, 7) is 9.77. The fourth-order valence-electron chi connectivity index (χ4n) is 6.05. The molecule has 4 rings (SSSR count). The van der Waals surface area contributed by atoms with Crippen LogP contribution in [0.1, 0.15) is 66.2 Å². The van der Waals surface area contributed by atoms with E-state index in [-0.39, 0.29) is 11.3 Å². The molecule has 1 N–H and O–H groups in total. The molecule has 2 nitrogen and oxygen atoms in total. The highest BCUT2D eigenvalue weighted by atomic mass is 16.1. The van der Waals surface area contributed by atoms with Crippen LogP contribution in [0.5, 0.6) is 0 Å². The van der Waals surface area contributed by atoms with E-state index in [2.05, 4.69) is 31.3 Å². The van der Waals surface area contributed by atoms with Crippen molar-refractivity contribution in [1.29, 1.82) is 0 Å². The Morgan fingerprint density at radius 1 is 1.13 bits per heavy atom. The Balaban J connectivity index is 0.000000753. The van der Waals surface area contributed by atoms with Gasteiger partial charge in [-0.2, -0.15) is 0 Å². The first-order valence-electron chi connectivity index (χ1n) is 9.69. The molecule has 4 unspecified atom stereocenters. The molecule has 0 bridgehead atoms. The van der Waals surface area contributed by atoms with Gasteiger partial charge in [0.15, 0.2) is 0 Å². The predicted octanol–water partition coefficient (Wildman–Crippen LogP) is 4.87. The molecule has 2 fully saturated rings. The smallest absolute Gasteiger partial charge is 0.243 e. The molecule has 23 heavy (non-hydrogen) atoms. The third-order valence-electron chi connectivity index (χ3n) is 7.31. The molecule has 2 saturated carbocycles. The van der Waals surface area contributed by atoms with E-state index in [0.717, 1.165) is 37.1 Å². The number of amides is 1. The van der Waals surface area contributed by atoms with Crippen molar-refractivity contribution in [2.24, 2.45) is 28.6 Å². The van der Waals surface area contributed by atoms with Crippen molar-refractivity contribution < 1.29 is 4.79 Å². The number of fused-ring (bicyclic) bond motifs is 5. The molecule has 0 saturated heterocycles. The molecule has 0 spiro atoms. The van der Waals surface area contributed by atoms with Crippen LogP contribution in [0.4, 0.5) is 0 Å². The van der Waals surface area contributed by atoms with Crippen molar-refractivity contribution in [3.05, 3.63) is 23.8 Å². The molecule has 1 amide bonds. The zero-order valence-corrected chi connectivity index (χ0v) is 15.3. The molecule has 0 radical (unpaired) electrons. The Morgan fingerprint density at radius 3 is 2.70 bits per heavy atom. The molecular formula is C21H33NO. The van der Waals surface area contributed by atoms with Gasteiger partial charge in [0.05, 0.1) is 0 Å². The van der Waals surface area contributed by atoms with E-state index in [0.29, 0.717) is 5.41 Å². The van der Waals surface area contributed by atoms with E-state index in [1.807, 2.05) is 19.9 Å². The summed E-state index contributed by atoms with van der Waals surface area (Å²) in [5, 5.41) is 3.05. The lowest BCUT2D eigenvalue weighted by molar-refractivity contribution is -0.116. The highest BCUT2D eigenvalue weighted by Gasteiger charge is 2.54. The number of carbonyl (C=O) groups excluding carboxylic acids is 1. The minimum atomic E-state index is 0.135. The van der Waals surface area contributed by atoms with Gasteiger partial charge < -0.3 is 5.32 Å². The Kier molecular flexibility index (Phi) is 4.46. The number of hydrogen-bond acceptors (Lipinski definition) is 1. The van der Waals surface area contributed by atoms with Crippen molar-refractivity contribution in [3.63, 3.8) is 0 Å². The summed E-state index contributed by atoms with van der Waals surface area (Å²) in [5.41, 5.74) is 2.15. The zero-order valence-electron chi connectivity index (χ0n) is 15.3. The lowest BCUT2D eigenvalue weighted by atomic mass is 9.48. The van der Waals surface area contributed by atoms with Crippen LogP contribution < -0.4 is 5.32 Å². The molecule has 0 aromatic heterocycles. The van der Waals surface area contributed by atoms with Crippen molar-refractivity contribution in [1.82, 2.24) is 5.32 Å². The van der Waals surface area contributed by atoms with Gasteiger partial charge in [0.25, 0.3) is 0 Å². The lowest BCUT2D eigenvalue weighted by Gasteiger charge is -2.56. The number of allylic oxidation sites excluding steroid dienone is 3. The van der Waals surface area contributed by atoms with E-state index in [1.54, 1.807) is 0 Å². The van der Waals surface area contributed by atoms with Gasteiger partial charge in [-0.3, -0.25) is 4.79 Å². The van der Waals surface area contributed by atoms with Gasteiger partial charge in [-0.05, 0) is 67.1 Å². The van der Waals surface area contributed by atoms with Gasteiger partial charge in [-0.15, -0.1) is 0 Å². The topological polar surface area (TPSA) is 29.1 Å². The van der Waals surface area contributed by atoms with E-state index in [9.17, 15) is 4.79 Å². The van der Waals surface area contributed by atoms with Crippen LogP contribution in [0, 0.1) is 28.6 Å². The van der Waals surface area contributed by atoms with Crippen LogP contribution in [-0.2, 0) is 4.79 Å². The lowest BCUT2D eigenvalue weighted by Crippen LogP contribution is -2.48. The minimum Gasteiger partial charge on any atom is -0.353 e. The fourth-order valence-corrected chi connectivity index (χ4v) is 6.05. The van der Waals surface area contributed by atoms with Crippen molar-refractivity contribution in [2.45, 2.75) is 66.2 Å². The van der Waals surface area contributed by atoms with Crippen LogP contribution in [0.3, 0.4) is 0 Å². The quantitative estimate of drug-likeness (QED) is 0.635. The van der Waals surface area contributed by atoms with E-state index >= 15 is 0 Å². The Hall–Kier alpha value is -1.05. The van der Waals surface area contributed by atoms with Crippen LogP contribution in [-0.4, -0.2) is 12.5 Å². The second-order valence-corrected chi connectivity index (χ2v) is 8.23. The van der Waals surface area contributed by atoms with E-state index < -0.39 is 0 Å². The number of hydrogen-bond donors (Lipinski definition) is 1. The molecule has 2 heteroatoms. The van der Waals surface area contributed by atoms with Gasteiger partial charge in [-0.25, -0.2) is 0 Å². The second kappa shape index (κ2) is 6.11. The van der Waals surface area contributed by atoms with Crippen molar-refractivity contribution in [2.75, 3.05) is 6.54 Å². The van der Waals surface area contributed by atoms with Gasteiger partial charge in [0.1, 0.15) is 0 Å². The summed E-state index contributed by atoms with van der Waals surface area (Å²) in [7, 11) is 0. The summed E-state index contributed by atoms with van der Waals surface area (Å²) in [5.74, 6) is 2.62. The van der Waals surface area contributed by atoms with E-state index in [1.165, 1.54) is 31.3 Å². The zero-order chi connectivity index (χ0) is 16.7. The number of carbonyl (C=O) groups is 1. The van der Waals surface area contributed by atoms with Crippen LogP contribution >= 0.6 is 0 Å². The molecule has 4 aliphatic rings. The molecule has 1 aliphatic heterocycles. The minimum absolute atomic E-state index is 0.135. The maximum atomic E-state index is 11.9. The van der Waals surface area contributed by atoms with Gasteiger partial charge in [0.2, 0.25) is 5.91 Å². The molecule has 3 aliphatic carbocycles. The fraction of sp³-hybridized carbons (Fsp3) is 0.762. The van der Waals surface area contributed by atoms with Crippen LogP contribution in [0.2, 0.25) is 0 Å². The summed E-state index contributed by atoms with van der Waals surface area (Å²) in [6.07, 6.45) is 14.4. The Bertz CT molecular complexity index is 534. The normalized spacial score (nSPS) is 44.6.